The van der Waals surface area contributed by atoms with E-state index in [-0.39, 0.29) is 11.5 Å². The van der Waals surface area contributed by atoms with Crippen molar-refractivity contribution in [3.63, 3.8) is 0 Å². The van der Waals surface area contributed by atoms with E-state index in [2.05, 4.69) is 13.8 Å². The van der Waals surface area contributed by atoms with Crippen LogP contribution in [0.4, 0.5) is 0 Å². The quantitative estimate of drug-likeness (QED) is 0.733. The summed E-state index contributed by atoms with van der Waals surface area (Å²) < 4.78 is 0. The summed E-state index contributed by atoms with van der Waals surface area (Å²) in [5.41, 5.74) is 0.452. The van der Waals surface area contributed by atoms with Crippen molar-refractivity contribution in [3.05, 3.63) is 0 Å². The molecule has 4 aliphatic rings. The molecular weight excluding hydrogens is 260 g/mol. The number of fused-ring (bicyclic) bond motifs is 5. The maximum Gasteiger partial charge on any atom is 0.139 e. The lowest BCUT2D eigenvalue weighted by Crippen LogP contribution is -2.54. The van der Waals surface area contributed by atoms with E-state index >= 15 is 0 Å². The van der Waals surface area contributed by atoms with Gasteiger partial charge in [-0.15, -0.1) is 0 Å². The SMILES string of the molecule is C[C@@]12CC[C@@H](O)C[C@@H]1CC[C@H]1[C@H]2CC[C@]2(C)C(=O)CC[C@@H]12. The number of carbonyl (C=O) groups is 1. The average molecular weight is 290 g/mol. The Kier molecular flexibility index (Phi) is 3.10. The fraction of sp³-hybridized carbons (Fsp3) is 0.947. The zero-order valence-corrected chi connectivity index (χ0v) is 13.6. The Labute approximate surface area is 128 Å². The van der Waals surface area contributed by atoms with Crippen molar-refractivity contribution in [2.24, 2.45) is 34.5 Å². The minimum Gasteiger partial charge on any atom is -0.393 e. The van der Waals surface area contributed by atoms with Crippen molar-refractivity contribution in [2.75, 3.05) is 0 Å². The highest BCUT2D eigenvalue weighted by molar-refractivity contribution is 5.87. The summed E-state index contributed by atoms with van der Waals surface area (Å²) in [6.45, 7) is 4.78. The van der Waals surface area contributed by atoms with Gasteiger partial charge in [-0.25, -0.2) is 0 Å². The van der Waals surface area contributed by atoms with Crippen LogP contribution in [0.3, 0.4) is 0 Å². The lowest BCUT2D eigenvalue weighted by atomic mass is 9.45. The van der Waals surface area contributed by atoms with E-state index < -0.39 is 0 Å². The molecule has 4 aliphatic carbocycles. The minimum absolute atomic E-state index is 0.0124. The van der Waals surface area contributed by atoms with Crippen LogP contribution in [0.25, 0.3) is 0 Å². The summed E-state index contributed by atoms with van der Waals surface area (Å²) in [5, 5.41) is 10.0. The maximum atomic E-state index is 12.4. The fourth-order valence-corrected chi connectivity index (χ4v) is 7.01. The minimum atomic E-state index is -0.0541. The first-order chi connectivity index (χ1) is 9.95. The molecule has 0 aromatic rings. The summed E-state index contributed by atoms with van der Waals surface area (Å²) in [4.78, 5) is 12.4. The molecule has 0 heterocycles. The monoisotopic (exact) mass is 290 g/mol. The Balaban J connectivity index is 1.64. The van der Waals surface area contributed by atoms with E-state index in [0.29, 0.717) is 17.1 Å². The first-order valence-electron chi connectivity index (χ1n) is 9.16. The van der Waals surface area contributed by atoms with Crippen molar-refractivity contribution in [1.82, 2.24) is 0 Å². The Morgan fingerprint density at radius 3 is 2.62 bits per heavy atom. The van der Waals surface area contributed by atoms with Crippen LogP contribution in [0.1, 0.15) is 71.6 Å². The van der Waals surface area contributed by atoms with Crippen molar-refractivity contribution < 1.29 is 9.90 Å². The number of rotatable bonds is 0. The predicted molar refractivity (Wildman–Crippen MR) is 82.7 cm³/mol. The van der Waals surface area contributed by atoms with Crippen LogP contribution in [0.2, 0.25) is 0 Å². The van der Waals surface area contributed by atoms with Gasteiger partial charge in [-0.2, -0.15) is 0 Å². The van der Waals surface area contributed by atoms with E-state index in [9.17, 15) is 9.90 Å². The second-order valence-corrected chi connectivity index (χ2v) is 9.00. The summed E-state index contributed by atoms with van der Waals surface area (Å²) >= 11 is 0. The van der Waals surface area contributed by atoms with Gasteiger partial charge in [0.25, 0.3) is 0 Å². The Morgan fingerprint density at radius 2 is 1.81 bits per heavy atom. The van der Waals surface area contributed by atoms with Gasteiger partial charge in [-0.3, -0.25) is 4.79 Å². The lowest BCUT2D eigenvalue weighted by Gasteiger charge is -2.60. The van der Waals surface area contributed by atoms with Gasteiger partial charge in [0.15, 0.2) is 0 Å². The third-order valence-corrected chi connectivity index (χ3v) is 8.35. The molecule has 4 rings (SSSR count). The Bertz CT molecular complexity index is 458. The normalized spacial score (nSPS) is 56.5. The zero-order valence-electron chi connectivity index (χ0n) is 13.6. The van der Waals surface area contributed by atoms with Gasteiger partial charge in [0.05, 0.1) is 6.10 Å². The van der Waals surface area contributed by atoms with Gasteiger partial charge >= 0.3 is 0 Å². The van der Waals surface area contributed by atoms with Crippen LogP contribution in [0.15, 0.2) is 0 Å². The van der Waals surface area contributed by atoms with Gasteiger partial charge in [0.2, 0.25) is 0 Å². The molecule has 0 spiro atoms. The molecule has 0 aromatic heterocycles. The highest BCUT2D eigenvalue weighted by Crippen LogP contribution is 2.65. The smallest absolute Gasteiger partial charge is 0.139 e. The molecule has 118 valence electrons. The predicted octanol–water partition coefficient (Wildman–Crippen LogP) is 3.96. The largest absolute Gasteiger partial charge is 0.393 e. The Morgan fingerprint density at radius 1 is 1.00 bits per heavy atom. The highest BCUT2D eigenvalue weighted by Gasteiger charge is 2.60. The molecule has 0 aromatic carbocycles. The maximum absolute atomic E-state index is 12.4. The number of Topliss-reactive ketones (excluding diaryl/α,β-unsaturated/α-hetero) is 1. The molecule has 4 fully saturated rings. The van der Waals surface area contributed by atoms with E-state index in [1.807, 2.05) is 0 Å². The van der Waals surface area contributed by atoms with Crippen molar-refractivity contribution in [2.45, 2.75) is 77.7 Å². The van der Waals surface area contributed by atoms with E-state index in [1.165, 1.54) is 25.7 Å². The van der Waals surface area contributed by atoms with Crippen molar-refractivity contribution >= 4 is 5.78 Å². The number of carbonyl (C=O) groups excluding carboxylic acids is 1. The summed E-state index contributed by atoms with van der Waals surface area (Å²) in [7, 11) is 0. The Hall–Kier alpha value is -0.370. The van der Waals surface area contributed by atoms with Gasteiger partial charge in [-0.1, -0.05) is 13.8 Å². The number of ketones is 1. The van der Waals surface area contributed by atoms with Gasteiger partial charge in [0.1, 0.15) is 5.78 Å². The van der Waals surface area contributed by atoms with Crippen molar-refractivity contribution in [1.29, 1.82) is 0 Å². The molecular formula is C19H30O2. The first kappa shape index (κ1) is 14.2. The third kappa shape index (κ3) is 1.84. The molecule has 0 radical (unpaired) electrons. The molecule has 7 atom stereocenters. The first-order valence-corrected chi connectivity index (χ1v) is 9.16. The van der Waals surface area contributed by atoms with Crippen LogP contribution in [0, 0.1) is 34.5 Å². The van der Waals surface area contributed by atoms with Crippen LogP contribution in [-0.4, -0.2) is 17.0 Å². The molecule has 0 unspecified atom stereocenters. The number of hydrogen-bond acceptors (Lipinski definition) is 2. The fourth-order valence-electron chi connectivity index (χ4n) is 7.01. The molecule has 2 heteroatoms. The molecule has 0 aliphatic heterocycles. The van der Waals surface area contributed by atoms with E-state index in [4.69, 9.17) is 0 Å². The molecule has 2 nitrogen and oxygen atoms in total. The van der Waals surface area contributed by atoms with Crippen LogP contribution < -0.4 is 0 Å². The highest BCUT2D eigenvalue weighted by atomic mass is 16.3. The summed E-state index contributed by atoms with van der Waals surface area (Å²) in [6.07, 6.45) is 10.1. The lowest BCUT2D eigenvalue weighted by molar-refractivity contribution is -0.142. The number of hydrogen-bond donors (Lipinski definition) is 1. The van der Waals surface area contributed by atoms with Crippen molar-refractivity contribution in [3.8, 4) is 0 Å². The summed E-state index contributed by atoms with van der Waals surface area (Å²) in [6, 6.07) is 0. The molecule has 21 heavy (non-hydrogen) atoms. The van der Waals surface area contributed by atoms with Gasteiger partial charge in [0, 0.05) is 11.8 Å². The number of aliphatic hydroxyl groups is 1. The molecule has 0 bridgehead atoms. The second kappa shape index (κ2) is 4.57. The van der Waals surface area contributed by atoms with Gasteiger partial charge in [-0.05, 0) is 80.5 Å². The molecule has 0 saturated heterocycles. The zero-order chi connectivity index (χ0) is 14.8. The van der Waals surface area contributed by atoms with Gasteiger partial charge < -0.3 is 5.11 Å². The molecule has 1 N–H and O–H groups in total. The number of aliphatic hydroxyl groups excluding tert-OH is 1. The van der Waals surface area contributed by atoms with Crippen LogP contribution in [0.5, 0.6) is 0 Å². The van der Waals surface area contributed by atoms with Crippen LogP contribution in [-0.2, 0) is 4.79 Å². The molecule has 4 saturated carbocycles. The van der Waals surface area contributed by atoms with E-state index in [1.54, 1.807) is 0 Å². The standard InChI is InChI=1S/C19H30O2/c1-18-9-7-13(20)11-12(18)3-4-14-15-5-6-17(21)19(15,2)10-8-16(14)18/h12-16,20H,3-11H2,1-2H3/t12-,13+,14+,15-,16+,18+,19-/m0/s1. The van der Waals surface area contributed by atoms with Crippen LogP contribution >= 0.6 is 0 Å². The molecule has 0 amide bonds. The average Bonchev–Trinajstić information content (AvgIpc) is 2.76. The third-order valence-electron chi connectivity index (χ3n) is 8.35. The van der Waals surface area contributed by atoms with E-state index in [0.717, 1.165) is 49.9 Å². The second-order valence-electron chi connectivity index (χ2n) is 9.00. The summed E-state index contributed by atoms with van der Waals surface area (Å²) in [5.74, 6) is 3.54. The topological polar surface area (TPSA) is 37.3 Å².